The minimum Gasteiger partial charge on any atom is -0.339 e. The lowest BCUT2D eigenvalue weighted by Gasteiger charge is -2.32. The van der Waals surface area contributed by atoms with Crippen molar-refractivity contribution in [3.8, 4) is 0 Å². The van der Waals surface area contributed by atoms with Crippen LogP contribution < -0.4 is 5.48 Å². The first-order valence-electron chi connectivity index (χ1n) is 5.90. The highest BCUT2D eigenvalue weighted by atomic mass is 16.6. The molecule has 0 aromatic heterocycles. The maximum Gasteiger partial charge on any atom is 0.239 e. The van der Waals surface area contributed by atoms with Crippen molar-refractivity contribution in [2.45, 2.75) is 13.8 Å². The fourth-order valence-corrected chi connectivity index (χ4v) is 1.51. The van der Waals surface area contributed by atoms with Crippen molar-refractivity contribution in [1.82, 2.24) is 15.3 Å². The van der Waals surface area contributed by atoms with Gasteiger partial charge in [-0.2, -0.15) is 5.48 Å². The molecule has 0 aromatic carbocycles. The summed E-state index contributed by atoms with van der Waals surface area (Å²) in [5.41, 5.74) is 2.72. The Balaban J connectivity index is 2.10. The van der Waals surface area contributed by atoms with E-state index in [0.29, 0.717) is 12.5 Å². The molecule has 1 aliphatic heterocycles. The van der Waals surface area contributed by atoms with Gasteiger partial charge >= 0.3 is 0 Å². The summed E-state index contributed by atoms with van der Waals surface area (Å²) in [6, 6.07) is 0. The number of hydrogen-bond acceptors (Lipinski definition) is 4. The second-order valence-corrected chi connectivity index (χ2v) is 4.71. The van der Waals surface area contributed by atoms with Crippen molar-refractivity contribution >= 4 is 5.91 Å². The Morgan fingerprint density at radius 2 is 1.94 bits per heavy atom. The number of carbonyl (C=O) groups is 1. The van der Waals surface area contributed by atoms with Crippen LogP contribution in [0.5, 0.6) is 0 Å². The van der Waals surface area contributed by atoms with Crippen molar-refractivity contribution in [3.63, 3.8) is 0 Å². The van der Waals surface area contributed by atoms with Crippen LogP contribution in [0.1, 0.15) is 13.8 Å². The average molecular weight is 229 g/mol. The molecule has 0 bridgehead atoms. The summed E-state index contributed by atoms with van der Waals surface area (Å²) >= 11 is 0. The molecule has 0 atom stereocenters. The predicted molar refractivity (Wildman–Crippen MR) is 62.9 cm³/mol. The fraction of sp³-hybridized carbons (Fsp3) is 0.909. The van der Waals surface area contributed by atoms with Gasteiger partial charge in [0.1, 0.15) is 6.54 Å². The van der Waals surface area contributed by atoms with E-state index in [1.54, 1.807) is 0 Å². The van der Waals surface area contributed by atoms with E-state index in [1.165, 1.54) is 0 Å². The lowest BCUT2D eigenvalue weighted by atomic mass is 10.2. The highest BCUT2D eigenvalue weighted by molar-refractivity contribution is 5.78. The van der Waals surface area contributed by atoms with Crippen LogP contribution >= 0.6 is 0 Å². The smallest absolute Gasteiger partial charge is 0.239 e. The van der Waals surface area contributed by atoms with Gasteiger partial charge in [-0.25, -0.2) is 0 Å². The number of hydroxylamine groups is 1. The first-order valence-corrected chi connectivity index (χ1v) is 5.90. The van der Waals surface area contributed by atoms with Crippen LogP contribution in [0.3, 0.4) is 0 Å². The second-order valence-electron chi connectivity index (χ2n) is 4.71. The molecule has 0 aromatic rings. The Hall–Kier alpha value is -0.650. The number of nitrogens with one attached hydrogen (secondary N) is 1. The minimum atomic E-state index is 0.122. The Bertz CT molecular complexity index is 213. The van der Waals surface area contributed by atoms with Gasteiger partial charge in [-0.05, 0) is 13.0 Å². The molecule has 0 unspecified atom stereocenters. The van der Waals surface area contributed by atoms with E-state index >= 15 is 0 Å². The molecule has 1 amide bonds. The number of rotatable bonds is 5. The van der Waals surface area contributed by atoms with Gasteiger partial charge in [0, 0.05) is 26.2 Å². The molecule has 5 nitrogen and oxygen atoms in total. The summed E-state index contributed by atoms with van der Waals surface area (Å²) in [6.45, 7) is 8.61. The summed E-state index contributed by atoms with van der Waals surface area (Å²) in [5.74, 6) is 0.600. The van der Waals surface area contributed by atoms with Crippen LogP contribution in [0.25, 0.3) is 0 Å². The molecule has 0 radical (unpaired) electrons. The van der Waals surface area contributed by atoms with Crippen molar-refractivity contribution in [2.24, 2.45) is 5.92 Å². The maximum atomic E-state index is 11.7. The van der Waals surface area contributed by atoms with Gasteiger partial charge in [0.05, 0.1) is 6.61 Å². The van der Waals surface area contributed by atoms with E-state index < -0.39 is 0 Å². The number of likely N-dealkylation sites (N-methyl/N-ethyl adjacent to an activating group) is 1. The highest BCUT2D eigenvalue weighted by Crippen LogP contribution is 1.99. The van der Waals surface area contributed by atoms with Crippen molar-refractivity contribution in [3.05, 3.63) is 0 Å². The van der Waals surface area contributed by atoms with E-state index in [1.807, 2.05) is 4.90 Å². The summed E-state index contributed by atoms with van der Waals surface area (Å²) in [4.78, 5) is 21.0. The minimum absolute atomic E-state index is 0.122. The largest absolute Gasteiger partial charge is 0.339 e. The van der Waals surface area contributed by atoms with Crippen LogP contribution in [0, 0.1) is 5.92 Å². The third-order valence-corrected chi connectivity index (χ3v) is 2.60. The molecule has 1 fully saturated rings. The Morgan fingerprint density at radius 1 is 1.31 bits per heavy atom. The van der Waals surface area contributed by atoms with E-state index in [9.17, 15) is 4.79 Å². The molecule has 1 aliphatic rings. The van der Waals surface area contributed by atoms with E-state index in [2.05, 4.69) is 31.3 Å². The Labute approximate surface area is 97.7 Å². The van der Waals surface area contributed by atoms with Gasteiger partial charge in [0.2, 0.25) is 5.91 Å². The summed E-state index contributed by atoms with van der Waals surface area (Å²) in [5, 5.41) is 0. The highest BCUT2D eigenvalue weighted by Gasteiger charge is 2.18. The molecule has 1 heterocycles. The number of hydrogen-bond donors (Lipinski definition) is 1. The van der Waals surface area contributed by atoms with Gasteiger partial charge < -0.3 is 14.6 Å². The number of carbonyl (C=O) groups excluding carboxylic acids is 1. The van der Waals surface area contributed by atoms with Crippen molar-refractivity contribution in [2.75, 3.05) is 46.4 Å². The van der Waals surface area contributed by atoms with Crippen molar-refractivity contribution in [1.29, 1.82) is 0 Å². The van der Waals surface area contributed by atoms with E-state index in [-0.39, 0.29) is 12.5 Å². The standard InChI is InChI=1S/C11H23N3O2/c1-10(2)9-16-12-8-11(15)14-6-4-13(3)5-7-14/h10,12H,4-9H2,1-3H3. The van der Waals surface area contributed by atoms with Crippen molar-refractivity contribution < 1.29 is 9.63 Å². The van der Waals surface area contributed by atoms with Gasteiger partial charge in [0.15, 0.2) is 0 Å². The number of piperazine rings is 1. The quantitative estimate of drug-likeness (QED) is 0.530. The third kappa shape index (κ3) is 4.92. The normalized spacial score (nSPS) is 18.1. The first kappa shape index (κ1) is 13.4. The van der Waals surface area contributed by atoms with E-state index in [0.717, 1.165) is 26.2 Å². The summed E-state index contributed by atoms with van der Waals surface area (Å²) in [7, 11) is 2.08. The van der Waals surface area contributed by atoms with Gasteiger partial charge in [0.25, 0.3) is 0 Å². The third-order valence-electron chi connectivity index (χ3n) is 2.60. The Morgan fingerprint density at radius 3 is 2.50 bits per heavy atom. The SMILES string of the molecule is CC(C)CONCC(=O)N1CCN(C)CC1. The average Bonchev–Trinajstić information content (AvgIpc) is 2.25. The zero-order valence-corrected chi connectivity index (χ0v) is 10.5. The number of amides is 1. The summed E-state index contributed by atoms with van der Waals surface area (Å²) in [6.07, 6.45) is 0. The lowest BCUT2D eigenvalue weighted by molar-refractivity contribution is -0.134. The molecular formula is C11H23N3O2. The van der Waals surface area contributed by atoms with Crippen LogP contribution in [0.4, 0.5) is 0 Å². The van der Waals surface area contributed by atoms with Crippen LogP contribution in [0.2, 0.25) is 0 Å². The van der Waals surface area contributed by atoms with Gasteiger partial charge in [-0.1, -0.05) is 13.8 Å². The molecule has 1 N–H and O–H groups in total. The lowest BCUT2D eigenvalue weighted by Crippen LogP contribution is -2.49. The molecule has 0 saturated carbocycles. The topological polar surface area (TPSA) is 44.8 Å². The Kier molecular flexibility index (Phi) is 5.73. The van der Waals surface area contributed by atoms with Gasteiger partial charge in [-0.15, -0.1) is 0 Å². The maximum absolute atomic E-state index is 11.7. The second kappa shape index (κ2) is 6.83. The molecular weight excluding hydrogens is 206 g/mol. The van der Waals surface area contributed by atoms with E-state index in [4.69, 9.17) is 4.84 Å². The number of nitrogens with zero attached hydrogens (tertiary/aromatic N) is 2. The van der Waals surface area contributed by atoms with Gasteiger partial charge in [-0.3, -0.25) is 4.79 Å². The molecule has 0 aliphatic carbocycles. The first-order chi connectivity index (χ1) is 7.59. The zero-order valence-electron chi connectivity index (χ0n) is 10.5. The molecule has 16 heavy (non-hydrogen) atoms. The molecule has 1 saturated heterocycles. The summed E-state index contributed by atoms with van der Waals surface area (Å²) < 4.78 is 0. The molecule has 5 heteroatoms. The zero-order chi connectivity index (χ0) is 12.0. The fourth-order valence-electron chi connectivity index (χ4n) is 1.51. The molecule has 0 spiro atoms. The van der Waals surface area contributed by atoms with Crippen LogP contribution in [-0.2, 0) is 9.63 Å². The molecule has 1 rings (SSSR count). The van der Waals surface area contributed by atoms with Crippen LogP contribution in [-0.4, -0.2) is 62.1 Å². The van der Waals surface area contributed by atoms with Crippen LogP contribution in [0.15, 0.2) is 0 Å². The predicted octanol–water partition coefficient (Wildman–Crippen LogP) is -0.0624. The monoisotopic (exact) mass is 229 g/mol. The molecule has 94 valence electrons.